The molecular weight excluding hydrogens is 464 g/mol. The van der Waals surface area contributed by atoms with E-state index in [0.29, 0.717) is 32.6 Å². The SMILES string of the molecule is CC1(CC(=O)NCCCC[C@H](NC(=O)OCC2c3ccccc3-c3ccccc32)C(=O)O)OCCO1. The second-order valence-electron chi connectivity index (χ2n) is 9.21. The maximum Gasteiger partial charge on any atom is 0.407 e. The third kappa shape index (κ3) is 6.22. The number of nitrogens with one attached hydrogen (secondary N) is 2. The molecule has 0 radical (unpaired) electrons. The first-order valence-electron chi connectivity index (χ1n) is 12.3. The van der Waals surface area contributed by atoms with Crippen molar-refractivity contribution in [2.24, 2.45) is 0 Å². The number of ether oxygens (including phenoxy) is 3. The topological polar surface area (TPSA) is 123 Å². The Hall–Kier alpha value is -3.43. The molecule has 1 heterocycles. The summed E-state index contributed by atoms with van der Waals surface area (Å²) in [6.45, 7) is 3.18. The van der Waals surface area contributed by atoms with Gasteiger partial charge in [-0.1, -0.05) is 48.5 Å². The number of benzene rings is 2. The van der Waals surface area contributed by atoms with Crippen molar-refractivity contribution in [2.75, 3.05) is 26.4 Å². The summed E-state index contributed by atoms with van der Waals surface area (Å²) < 4.78 is 16.3. The molecule has 1 saturated heterocycles. The molecule has 36 heavy (non-hydrogen) atoms. The molecule has 0 unspecified atom stereocenters. The van der Waals surface area contributed by atoms with Gasteiger partial charge in [0.2, 0.25) is 5.91 Å². The summed E-state index contributed by atoms with van der Waals surface area (Å²) in [5.41, 5.74) is 4.41. The van der Waals surface area contributed by atoms with Crippen LogP contribution in [-0.4, -0.2) is 61.3 Å². The number of unbranched alkanes of at least 4 members (excludes halogenated alkanes) is 1. The van der Waals surface area contributed by atoms with Crippen LogP contribution in [0.25, 0.3) is 11.1 Å². The van der Waals surface area contributed by atoms with Crippen molar-refractivity contribution in [3.8, 4) is 11.1 Å². The third-order valence-electron chi connectivity index (χ3n) is 6.56. The Bertz CT molecular complexity index is 1050. The normalized spacial score (nSPS) is 16.6. The highest BCUT2D eigenvalue weighted by atomic mass is 16.7. The van der Waals surface area contributed by atoms with E-state index in [1.807, 2.05) is 48.5 Å². The average molecular weight is 497 g/mol. The maximum atomic E-state index is 12.4. The van der Waals surface area contributed by atoms with Crippen molar-refractivity contribution >= 4 is 18.0 Å². The second-order valence-corrected chi connectivity index (χ2v) is 9.21. The average Bonchev–Trinajstić information content (AvgIpc) is 3.42. The van der Waals surface area contributed by atoms with Gasteiger partial charge in [0, 0.05) is 12.5 Å². The summed E-state index contributed by atoms with van der Waals surface area (Å²) in [4.78, 5) is 36.1. The lowest BCUT2D eigenvalue weighted by Crippen LogP contribution is -2.41. The lowest BCUT2D eigenvalue weighted by molar-refractivity contribution is -0.159. The molecule has 4 rings (SSSR count). The lowest BCUT2D eigenvalue weighted by Gasteiger charge is -2.21. The molecule has 1 aliphatic carbocycles. The quantitative estimate of drug-likeness (QED) is 0.407. The highest BCUT2D eigenvalue weighted by Gasteiger charge is 2.33. The Balaban J connectivity index is 1.20. The predicted molar refractivity (Wildman–Crippen MR) is 131 cm³/mol. The zero-order valence-corrected chi connectivity index (χ0v) is 20.3. The number of alkyl carbamates (subject to hydrolysis) is 1. The molecule has 2 amide bonds. The van der Waals surface area contributed by atoms with Gasteiger partial charge in [-0.3, -0.25) is 4.79 Å². The number of fused-ring (bicyclic) bond motifs is 3. The summed E-state index contributed by atoms with van der Waals surface area (Å²) in [6.07, 6.45) is 0.640. The molecule has 9 nitrogen and oxygen atoms in total. The van der Waals surface area contributed by atoms with Crippen LogP contribution in [0.2, 0.25) is 0 Å². The zero-order chi connectivity index (χ0) is 25.5. The maximum absolute atomic E-state index is 12.4. The molecule has 1 atom stereocenters. The van der Waals surface area contributed by atoms with E-state index < -0.39 is 23.9 Å². The number of carboxylic acids is 1. The number of hydrogen-bond donors (Lipinski definition) is 3. The van der Waals surface area contributed by atoms with Gasteiger partial charge in [0.25, 0.3) is 0 Å². The largest absolute Gasteiger partial charge is 0.480 e. The number of hydrogen-bond acceptors (Lipinski definition) is 6. The summed E-state index contributed by atoms with van der Waals surface area (Å²) in [6, 6.07) is 14.9. The fraction of sp³-hybridized carbons (Fsp3) is 0.444. The number of amides is 2. The molecule has 3 N–H and O–H groups in total. The Morgan fingerprint density at radius 3 is 2.25 bits per heavy atom. The van der Waals surface area contributed by atoms with E-state index in [0.717, 1.165) is 22.3 Å². The standard InChI is InChI=1S/C27H32N2O7/c1-27(35-14-15-36-27)16-24(30)28-13-7-6-12-23(25(31)32)29-26(33)34-17-22-20-10-4-2-8-18(20)19-9-3-5-11-21(19)22/h2-5,8-11,22-23H,6-7,12-17H2,1H3,(H,28,30)(H,29,33)(H,31,32)/t23-/m0/s1. The van der Waals surface area contributed by atoms with Crippen molar-refractivity contribution < 1.29 is 33.7 Å². The van der Waals surface area contributed by atoms with E-state index in [-0.39, 0.29) is 31.3 Å². The van der Waals surface area contributed by atoms with Gasteiger partial charge in [-0.25, -0.2) is 9.59 Å². The fourth-order valence-corrected chi connectivity index (χ4v) is 4.75. The molecular formula is C27H32N2O7. The van der Waals surface area contributed by atoms with Crippen LogP contribution < -0.4 is 10.6 Å². The van der Waals surface area contributed by atoms with Crippen LogP contribution in [0.15, 0.2) is 48.5 Å². The second kappa shape index (κ2) is 11.5. The summed E-state index contributed by atoms with van der Waals surface area (Å²) in [5, 5.41) is 14.8. The van der Waals surface area contributed by atoms with Crippen molar-refractivity contribution in [1.82, 2.24) is 10.6 Å². The molecule has 1 fully saturated rings. The molecule has 1 aliphatic heterocycles. The van der Waals surface area contributed by atoms with Crippen LogP contribution in [0.5, 0.6) is 0 Å². The van der Waals surface area contributed by atoms with E-state index in [9.17, 15) is 19.5 Å². The van der Waals surface area contributed by atoms with Gasteiger partial charge in [-0.15, -0.1) is 0 Å². The molecule has 2 aromatic carbocycles. The zero-order valence-electron chi connectivity index (χ0n) is 20.3. The Morgan fingerprint density at radius 1 is 1.03 bits per heavy atom. The van der Waals surface area contributed by atoms with Gasteiger partial charge in [0.15, 0.2) is 5.79 Å². The van der Waals surface area contributed by atoms with Crippen molar-refractivity contribution in [3.05, 3.63) is 59.7 Å². The lowest BCUT2D eigenvalue weighted by atomic mass is 9.98. The minimum Gasteiger partial charge on any atom is -0.480 e. The van der Waals surface area contributed by atoms with Crippen LogP contribution in [0.1, 0.15) is 49.7 Å². The predicted octanol–water partition coefficient (Wildman–Crippen LogP) is 3.42. The van der Waals surface area contributed by atoms with Crippen LogP contribution in [-0.2, 0) is 23.8 Å². The summed E-state index contributed by atoms with van der Waals surface area (Å²) in [7, 11) is 0. The molecule has 9 heteroatoms. The third-order valence-corrected chi connectivity index (χ3v) is 6.56. The minimum absolute atomic E-state index is 0.0997. The Morgan fingerprint density at radius 2 is 1.64 bits per heavy atom. The van der Waals surface area contributed by atoms with Gasteiger partial charge in [0.1, 0.15) is 12.6 Å². The Labute approximate surface area is 210 Å². The fourth-order valence-electron chi connectivity index (χ4n) is 4.75. The molecule has 0 aromatic heterocycles. The van der Waals surface area contributed by atoms with Gasteiger partial charge >= 0.3 is 12.1 Å². The van der Waals surface area contributed by atoms with Gasteiger partial charge in [0.05, 0.1) is 19.6 Å². The van der Waals surface area contributed by atoms with Crippen LogP contribution in [0.3, 0.4) is 0 Å². The number of carbonyl (C=O) groups is 3. The van der Waals surface area contributed by atoms with E-state index >= 15 is 0 Å². The van der Waals surface area contributed by atoms with E-state index in [1.165, 1.54) is 0 Å². The van der Waals surface area contributed by atoms with Crippen molar-refractivity contribution in [3.63, 3.8) is 0 Å². The first kappa shape index (κ1) is 25.7. The van der Waals surface area contributed by atoms with E-state index in [2.05, 4.69) is 10.6 Å². The monoisotopic (exact) mass is 496 g/mol. The first-order chi connectivity index (χ1) is 17.4. The van der Waals surface area contributed by atoms with Crippen LogP contribution in [0.4, 0.5) is 4.79 Å². The minimum atomic E-state index is -1.13. The Kier molecular flexibility index (Phi) is 8.22. The van der Waals surface area contributed by atoms with Crippen LogP contribution >= 0.6 is 0 Å². The number of carboxylic acid groups (broad SMARTS) is 1. The smallest absolute Gasteiger partial charge is 0.407 e. The highest BCUT2D eigenvalue weighted by molar-refractivity contribution is 5.81. The number of rotatable bonds is 11. The molecule has 0 saturated carbocycles. The molecule has 2 aromatic rings. The van der Waals surface area contributed by atoms with Gasteiger partial charge in [-0.05, 0) is 48.4 Å². The number of aliphatic carboxylic acids is 1. The van der Waals surface area contributed by atoms with Crippen molar-refractivity contribution in [1.29, 1.82) is 0 Å². The molecule has 0 spiro atoms. The summed E-state index contributed by atoms with van der Waals surface area (Å²) >= 11 is 0. The van der Waals surface area contributed by atoms with E-state index in [1.54, 1.807) is 6.92 Å². The van der Waals surface area contributed by atoms with Gasteiger partial charge in [-0.2, -0.15) is 0 Å². The first-order valence-corrected chi connectivity index (χ1v) is 12.3. The van der Waals surface area contributed by atoms with E-state index in [4.69, 9.17) is 14.2 Å². The van der Waals surface area contributed by atoms with Crippen molar-refractivity contribution in [2.45, 2.75) is 50.4 Å². The van der Waals surface area contributed by atoms with Gasteiger partial charge < -0.3 is 30.0 Å². The van der Waals surface area contributed by atoms with Crippen LogP contribution in [0, 0.1) is 0 Å². The molecule has 0 bridgehead atoms. The number of carbonyl (C=O) groups excluding carboxylic acids is 2. The molecule has 2 aliphatic rings. The molecule has 192 valence electrons. The highest BCUT2D eigenvalue weighted by Crippen LogP contribution is 2.44. The summed E-state index contributed by atoms with van der Waals surface area (Å²) in [5.74, 6) is -2.30.